The number of amides is 2. The molecule has 2 amide bonds. The Morgan fingerprint density at radius 3 is 2.40 bits per heavy atom. The van der Waals surface area contributed by atoms with E-state index >= 15 is 0 Å². The zero-order chi connectivity index (χ0) is 14.7. The number of piperazine rings is 1. The molecule has 1 saturated heterocycles. The topological polar surface area (TPSA) is 49.9 Å². The molecule has 1 fully saturated rings. The van der Waals surface area contributed by atoms with Crippen molar-refractivity contribution >= 4 is 35.5 Å². The number of rotatable bonds is 3. The first-order valence-electron chi connectivity index (χ1n) is 6.08. The van der Waals surface area contributed by atoms with Gasteiger partial charge in [-0.25, -0.2) is 0 Å². The predicted molar refractivity (Wildman–Crippen MR) is 76.6 cm³/mol. The quantitative estimate of drug-likeness (QED) is 0.800. The standard InChI is InChI=1S/C13H14Cl2N2O3/c1-20-12-7-10(14)9(6-11(12)15)13(19)17-4-2-16(8-18)3-5-17/h6-8H,2-5H2,1H3. The SMILES string of the molecule is COc1cc(Cl)c(C(=O)N2CCN(C=O)CC2)cc1Cl. The van der Waals surface area contributed by atoms with Gasteiger partial charge in [0, 0.05) is 32.2 Å². The third kappa shape index (κ3) is 2.99. The third-order valence-electron chi connectivity index (χ3n) is 3.22. The minimum atomic E-state index is -0.190. The summed E-state index contributed by atoms with van der Waals surface area (Å²) >= 11 is 12.1. The van der Waals surface area contributed by atoms with E-state index in [1.807, 2.05) is 0 Å². The fraction of sp³-hybridized carbons (Fsp3) is 0.385. The fourth-order valence-corrected chi connectivity index (χ4v) is 2.52. The molecule has 0 bridgehead atoms. The lowest BCUT2D eigenvalue weighted by Gasteiger charge is -2.32. The van der Waals surface area contributed by atoms with Gasteiger partial charge in [-0.05, 0) is 6.07 Å². The molecule has 1 aliphatic heterocycles. The minimum absolute atomic E-state index is 0.190. The summed E-state index contributed by atoms with van der Waals surface area (Å²) in [7, 11) is 1.48. The molecule has 20 heavy (non-hydrogen) atoms. The van der Waals surface area contributed by atoms with Crippen LogP contribution in [0.2, 0.25) is 10.0 Å². The molecular formula is C13H14Cl2N2O3. The highest BCUT2D eigenvalue weighted by Crippen LogP contribution is 2.31. The van der Waals surface area contributed by atoms with Crippen molar-refractivity contribution in [2.75, 3.05) is 33.3 Å². The van der Waals surface area contributed by atoms with Crippen LogP contribution in [0.15, 0.2) is 12.1 Å². The molecule has 0 unspecified atom stereocenters. The minimum Gasteiger partial charge on any atom is -0.495 e. The van der Waals surface area contributed by atoms with Gasteiger partial charge in [0.2, 0.25) is 6.41 Å². The van der Waals surface area contributed by atoms with E-state index in [0.717, 1.165) is 6.41 Å². The Morgan fingerprint density at radius 1 is 1.20 bits per heavy atom. The highest BCUT2D eigenvalue weighted by Gasteiger charge is 2.24. The van der Waals surface area contributed by atoms with Gasteiger partial charge in [-0.3, -0.25) is 9.59 Å². The second kappa shape index (κ2) is 6.33. The van der Waals surface area contributed by atoms with Crippen LogP contribution < -0.4 is 4.74 Å². The molecule has 0 saturated carbocycles. The average Bonchev–Trinajstić information content (AvgIpc) is 2.48. The second-order valence-corrected chi connectivity index (χ2v) is 5.21. The normalized spacial score (nSPS) is 15.2. The molecule has 108 valence electrons. The zero-order valence-corrected chi connectivity index (χ0v) is 12.4. The highest BCUT2D eigenvalue weighted by atomic mass is 35.5. The summed E-state index contributed by atoms with van der Waals surface area (Å²) in [6.45, 7) is 2.02. The zero-order valence-electron chi connectivity index (χ0n) is 10.9. The molecule has 0 spiro atoms. The largest absolute Gasteiger partial charge is 0.495 e. The molecule has 0 atom stereocenters. The Morgan fingerprint density at radius 2 is 1.85 bits per heavy atom. The van der Waals surface area contributed by atoms with Crippen molar-refractivity contribution in [3.63, 3.8) is 0 Å². The number of carbonyl (C=O) groups excluding carboxylic acids is 2. The molecule has 0 N–H and O–H groups in total. The van der Waals surface area contributed by atoms with Crippen molar-refractivity contribution in [2.24, 2.45) is 0 Å². The van der Waals surface area contributed by atoms with E-state index in [2.05, 4.69) is 0 Å². The Balaban J connectivity index is 2.17. The van der Waals surface area contributed by atoms with Crippen molar-refractivity contribution in [3.05, 3.63) is 27.7 Å². The Hall–Kier alpha value is -1.46. The summed E-state index contributed by atoms with van der Waals surface area (Å²) in [6.07, 6.45) is 0.791. The summed E-state index contributed by atoms with van der Waals surface area (Å²) in [6, 6.07) is 3.04. The van der Waals surface area contributed by atoms with Gasteiger partial charge in [0.1, 0.15) is 5.75 Å². The molecule has 0 aliphatic carbocycles. The smallest absolute Gasteiger partial charge is 0.255 e. The summed E-state index contributed by atoms with van der Waals surface area (Å²) in [4.78, 5) is 26.3. The van der Waals surface area contributed by atoms with Gasteiger partial charge in [0.15, 0.2) is 0 Å². The van der Waals surface area contributed by atoms with Gasteiger partial charge in [0.05, 0.1) is 22.7 Å². The molecule has 1 aromatic carbocycles. The first-order chi connectivity index (χ1) is 9.56. The number of hydrogen-bond acceptors (Lipinski definition) is 3. The summed E-state index contributed by atoms with van der Waals surface area (Å²) in [5, 5.41) is 0.640. The van der Waals surface area contributed by atoms with E-state index in [-0.39, 0.29) is 5.91 Å². The maximum absolute atomic E-state index is 12.4. The number of ether oxygens (including phenoxy) is 1. The number of hydrogen-bond donors (Lipinski definition) is 0. The van der Waals surface area contributed by atoms with Crippen LogP contribution in [0.25, 0.3) is 0 Å². The Labute approximate surface area is 127 Å². The van der Waals surface area contributed by atoms with Crippen LogP contribution >= 0.6 is 23.2 Å². The van der Waals surface area contributed by atoms with Crippen molar-refractivity contribution in [3.8, 4) is 5.75 Å². The van der Waals surface area contributed by atoms with Crippen LogP contribution in [-0.4, -0.2) is 55.4 Å². The lowest BCUT2D eigenvalue weighted by Crippen LogP contribution is -2.48. The summed E-state index contributed by atoms with van der Waals surface area (Å²) in [5.74, 6) is 0.240. The van der Waals surface area contributed by atoms with Crippen molar-refractivity contribution in [1.29, 1.82) is 0 Å². The monoisotopic (exact) mass is 316 g/mol. The summed E-state index contributed by atoms with van der Waals surface area (Å²) in [5.41, 5.74) is 0.344. The van der Waals surface area contributed by atoms with Gasteiger partial charge >= 0.3 is 0 Å². The maximum Gasteiger partial charge on any atom is 0.255 e. The van der Waals surface area contributed by atoms with E-state index in [9.17, 15) is 9.59 Å². The summed E-state index contributed by atoms with van der Waals surface area (Å²) < 4.78 is 5.05. The van der Waals surface area contributed by atoms with Gasteiger partial charge in [-0.2, -0.15) is 0 Å². The maximum atomic E-state index is 12.4. The van der Waals surface area contributed by atoms with E-state index < -0.39 is 0 Å². The first kappa shape index (κ1) is 14.9. The Bertz CT molecular complexity index is 529. The van der Waals surface area contributed by atoms with Gasteiger partial charge in [-0.1, -0.05) is 23.2 Å². The molecule has 1 aromatic rings. The molecular weight excluding hydrogens is 303 g/mol. The molecule has 0 radical (unpaired) electrons. The lowest BCUT2D eigenvalue weighted by atomic mass is 10.1. The number of methoxy groups -OCH3 is 1. The number of carbonyl (C=O) groups is 2. The third-order valence-corrected chi connectivity index (χ3v) is 3.83. The van der Waals surface area contributed by atoms with Gasteiger partial charge < -0.3 is 14.5 Å². The van der Waals surface area contributed by atoms with Crippen molar-refractivity contribution in [1.82, 2.24) is 9.80 Å². The van der Waals surface area contributed by atoms with E-state index in [0.29, 0.717) is 47.5 Å². The van der Waals surface area contributed by atoms with Crippen LogP contribution in [0.1, 0.15) is 10.4 Å². The van der Waals surface area contributed by atoms with Gasteiger partial charge in [0.25, 0.3) is 5.91 Å². The molecule has 0 aromatic heterocycles. The van der Waals surface area contributed by atoms with E-state index in [4.69, 9.17) is 27.9 Å². The van der Waals surface area contributed by atoms with Crippen LogP contribution in [-0.2, 0) is 4.79 Å². The van der Waals surface area contributed by atoms with Crippen LogP contribution in [0.4, 0.5) is 0 Å². The van der Waals surface area contributed by atoms with E-state index in [1.165, 1.54) is 19.2 Å². The average molecular weight is 317 g/mol. The van der Waals surface area contributed by atoms with Crippen molar-refractivity contribution < 1.29 is 14.3 Å². The van der Waals surface area contributed by atoms with Crippen LogP contribution in [0.3, 0.4) is 0 Å². The first-order valence-corrected chi connectivity index (χ1v) is 6.84. The molecule has 5 nitrogen and oxygen atoms in total. The number of nitrogens with zero attached hydrogens (tertiary/aromatic N) is 2. The van der Waals surface area contributed by atoms with E-state index in [1.54, 1.807) is 9.80 Å². The highest BCUT2D eigenvalue weighted by molar-refractivity contribution is 6.36. The van der Waals surface area contributed by atoms with Crippen LogP contribution in [0, 0.1) is 0 Å². The molecule has 1 aliphatic rings. The number of benzene rings is 1. The predicted octanol–water partition coefficient (Wildman–Crippen LogP) is 1.92. The lowest BCUT2D eigenvalue weighted by molar-refractivity contribution is -0.119. The fourth-order valence-electron chi connectivity index (χ4n) is 2.05. The van der Waals surface area contributed by atoms with Gasteiger partial charge in [-0.15, -0.1) is 0 Å². The number of halogens is 2. The molecule has 2 rings (SSSR count). The Kier molecular flexibility index (Phi) is 4.73. The van der Waals surface area contributed by atoms with Crippen molar-refractivity contribution in [2.45, 2.75) is 0 Å². The second-order valence-electron chi connectivity index (χ2n) is 4.40. The molecule has 1 heterocycles. The molecule has 7 heteroatoms. The van der Waals surface area contributed by atoms with Crippen LogP contribution in [0.5, 0.6) is 5.75 Å².